The molecule has 5 fully saturated rings. The Morgan fingerprint density at radius 1 is 1.05 bits per heavy atom. The van der Waals surface area contributed by atoms with E-state index in [0.29, 0.717) is 12.8 Å². The Balaban J connectivity index is 1.50. The van der Waals surface area contributed by atoms with Crippen LogP contribution in [0.2, 0.25) is 0 Å². The van der Waals surface area contributed by atoms with Gasteiger partial charge < -0.3 is 24.4 Å². The maximum Gasteiger partial charge on any atom is 0.342 e. The molecular formula is C28H32O9. The van der Waals surface area contributed by atoms with E-state index in [1.807, 2.05) is 13.0 Å². The molecule has 3 aliphatic carbocycles. The molecule has 9 heteroatoms. The highest BCUT2D eigenvalue weighted by Crippen LogP contribution is 2.73. The van der Waals surface area contributed by atoms with Crippen LogP contribution in [0.4, 0.5) is 0 Å². The summed E-state index contributed by atoms with van der Waals surface area (Å²) in [5.41, 5.74) is -7.09. The third-order valence-corrected chi connectivity index (χ3v) is 11.8. The van der Waals surface area contributed by atoms with E-state index in [2.05, 4.69) is 0 Å². The fourth-order valence-electron chi connectivity index (χ4n) is 9.47. The van der Waals surface area contributed by atoms with Crippen LogP contribution in [0.15, 0.2) is 23.8 Å². The topological polar surface area (TPSA) is 136 Å². The monoisotopic (exact) mass is 512 g/mol. The molecule has 1 spiro atoms. The van der Waals surface area contributed by atoms with Crippen molar-refractivity contribution in [1.29, 1.82) is 0 Å². The van der Waals surface area contributed by atoms with Crippen LogP contribution in [-0.4, -0.2) is 62.4 Å². The fraction of sp³-hybridized carbons (Fsp3) is 0.714. The second kappa shape index (κ2) is 6.43. The number of fused-ring (bicyclic) bond motifs is 9. The van der Waals surface area contributed by atoms with Gasteiger partial charge in [0.05, 0.1) is 17.3 Å². The summed E-state index contributed by atoms with van der Waals surface area (Å²) in [6, 6.07) is 0. The summed E-state index contributed by atoms with van der Waals surface area (Å²) in [6.07, 6.45) is 5.49. The predicted octanol–water partition coefficient (Wildman–Crippen LogP) is 1.54. The van der Waals surface area contributed by atoms with Crippen LogP contribution in [-0.2, 0) is 33.4 Å². The molecule has 2 N–H and O–H groups in total. The Morgan fingerprint density at radius 3 is 2.51 bits per heavy atom. The number of hydrogen-bond acceptors (Lipinski definition) is 9. The summed E-state index contributed by atoms with van der Waals surface area (Å²) >= 11 is 0. The number of rotatable bonds is 0. The van der Waals surface area contributed by atoms with E-state index >= 15 is 0 Å². The molecule has 4 bridgehead atoms. The van der Waals surface area contributed by atoms with Gasteiger partial charge in [0.2, 0.25) is 5.79 Å². The molecule has 11 atom stereocenters. The third kappa shape index (κ3) is 2.17. The molecule has 198 valence electrons. The average molecular weight is 513 g/mol. The first kappa shape index (κ1) is 23.7. The molecule has 37 heavy (non-hydrogen) atoms. The Hall–Kier alpha value is -2.36. The van der Waals surface area contributed by atoms with Crippen molar-refractivity contribution in [3.05, 3.63) is 23.8 Å². The lowest BCUT2D eigenvalue weighted by molar-refractivity contribution is -0.346. The molecule has 0 aromatic carbocycles. The normalized spacial score (nSPS) is 57.4. The number of carbonyl (C=O) groups is 4. The van der Waals surface area contributed by atoms with Gasteiger partial charge in [0.15, 0.2) is 28.4 Å². The number of hydrogen-bond donors (Lipinski definition) is 2. The maximum atomic E-state index is 14.6. The highest BCUT2D eigenvalue weighted by Gasteiger charge is 2.91. The molecule has 1 saturated carbocycles. The molecule has 7 rings (SSSR count). The van der Waals surface area contributed by atoms with Gasteiger partial charge in [0.25, 0.3) is 0 Å². The number of ether oxygens (including phenoxy) is 3. The summed E-state index contributed by atoms with van der Waals surface area (Å²) in [5.74, 6) is -7.97. The zero-order valence-electron chi connectivity index (χ0n) is 21.4. The van der Waals surface area contributed by atoms with Crippen LogP contribution in [0.3, 0.4) is 0 Å². The zero-order chi connectivity index (χ0) is 26.6. The van der Waals surface area contributed by atoms with Gasteiger partial charge in [-0.15, -0.1) is 0 Å². The summed E-state index contributed by atoms with van der Waals surface area (Å²) in [5, 5.41) is 24.6. The second-order valence-electron chi connectivity index (χ2n) is 12.9. The molecule has 9 nitrogen and oxygen atoms in total. The van der Waals surface area contributed by atoms with Crippen molar-refractivity contribution in [3.63, 3.8) is 0 Å². The van der Waals surface area contributed by atoms with E-state index < -0.39 is 80.9 Å². The lowest BCUT2D eigenvalue weighted by Gasteiger charge is -2.61. The molecular weight excluding hydrogens is 480 g/mol. The van der Waals surface area contributed by atoms with Gasteiger partial charge in [-0.05, 0) is 63.4 Å². The Kier molecular flexibility index (Phi) is 4.13. The quantitative estimate of drug-likeness (QED) is 0.366. The van der Waals surface area contributed by atoms with Crippen LogP contribution >= 0.6 is 0 Å². The first-order valence-corrected chi connectivity index (χ1v) is 13.3. The van der Waals surface area contributed by atoms with Crippen LogP contribution in [0.5, 0.6) is 0 Å². The molecule has 0 amide bonds. The van der Waals surface area contributed by atoms with Crippen LogP contribution in [0.1, 0.15) is 59.8 Å². The lowest BCUT2D eigenvalue weighted by Crippen LogP contribution is -2.78. The fourth-order valence-corrected chi connectivity index (χ4v) is 9.47. The number of esters is 2. The number of allylic oxidation sites excluding steroid dienone is 4. The van der Waals surface area contributed by atoms with Crippen molar-refractivity contribution >= 4 is 23.5 Å². The van der Waals surface area contributed by atoms with Crippen molar-refractivity contribution in [2.24, 2.45) is 34.5 Å². The molecule has 0 aromatic rings. The van der Waals surface area contributed by atoms with Gasteiger partial charge in [-0.3, -0.25) is 14.4 Å². The Morgan fingerprint density at radius 2 is 1.78 bits per heavy atom. The molecule has 4 heterocycles. The van der Waals surface area contributed by atoms with Crippen LogP contribution in [0.25, 0.3) is 0 Å². The van der Waals surface area contributed by atoms with Crippen LogP contribution < -0.4 is 0 Å². The second-order valence-corrected chi connectivity index (χ2v) is 12.9. The molecule has 0 radical (unpaired) electrons. The molecule has 4 saturated heterocycles. The largest absolute Gasteiger partial charge is 0.458 e. The van der Waals surface area contributed by atoms with Gasteiger partial charge in [0, 0.05) is 5.92 Å². The standard InChI is InChI=1S/C28H32O9/c1-13-21(31)35-18-12-23(13,2)19-20(30)27(34)16-9-8-14-6-5-7-17(29)24(14,3)15(16)10-11-26(33)22(32)36-25(18,4)28(19,26)37-27/h5,7-8,13,15-16,18-19,33-34H,6,9-12H2,1-4H3/t13-,15?,16?,18?,19?,23?,24-,25-,26+,27+,28-/m0/s1. The Bertz CT molecular complexity index is 1270. The number of aliphatic hydroxyl groups is 2. The molecule has 7 aliphatic rings. The minimum atomic E-state index is -2.39. The first-order valence-electron chi connectivity index (χ1n) is 13.3. The number of ketones is 2. The van der Waals surface area contributed by atoms with Gasteiger partial charge >= 0.3 is 11.9 Å². The van der Waals surface area contributed by atoms with E-state index in [0.717, 1.165) is 5.57 Å². The van der Waals surface area contributed by atoms with Crippen molar-refractivity contribution in [3.8, 4) is 0 Å². The molecule has 5 unspecified atom stereocenters. The summed E-state index contributed by atoms with van der Waals surface area (Å²) in [6.45, 7) is 6.80. The van der Waals surface area contributed by atoms with Crippen LogP contribution in [0, 0.1) is 34.5 Å². The number of carbonyl (C=O) groups excluding carboxylic acids is 4. The summed E-state index contributed by atoms with van der Waals surface area (Å²) in [7, 11) is 0. The van der Waals surface area contributed by atoms with Gasteiger partial charge in [-0.25, -0.2) is 4.79 Å². The van der Waals surface area contributed by atoms with E-state index in [4.69, 9.17) is 14.2 Å². The minimum Gasteiger partial charge on any atom is -0.458 e. The van der Waals surface area contributed by atoms with Crippen molar-refractivity contribution in [2.45, 2.75) is 88.5 Å². The SMILES string of the molecule is C[C@H]1C(=O)OC2CC1(C)C1C(=O)[C@]3(O)O[C@@]14[C@@](O)(CCC1C3CC=C3CC=CC(=O)[C@@]31C)C(=O)O[C@@]24C. The lowest BCUT2D eigenvalue weighted by atomic mass is 9.46. The van der Waals surface area contributed by atoms with E-state index in [1.54, 1.807) is 19.9 Å². The van der Waals surface area contributed by atoms with Gasteiger partial charge in [-0.1, -0.05) is 31.6 Å². The highest BCUT2D eigenvalue weighted by atomic mass is 16.7. The maximum absolute atomic E-state index is 14.6. The third-order valence-electron chi connectivity index (χ3n) is 11.8. The highest BCUT2D eigenvalue weighted by molar-refractivity contribution is 6.00. The first-order chi connectivity index (χ1) is 17.2. The van der Waals surface area contributed by atoms with Gasteiger partial charge in [-0.2, -0.15) is 0 Å². The van der Waals surface area contributed by atoms with Crippen molar-refractivity contribution in [1.82, 2.24) is 0 Å². The average Bonchev–Trinajstić information content (AvgIpc) is 3.19. The van der Waals surface area contributed by atoms with E-state index in [9.17, 15) is 29.4 Å². The summed E-state index contributed by atoms with van der Waals surface area (Å²) < 4.78 is 18.1. The van der Waals surface area contributed by atoms with Crippen molar-refractivity contribution < 1.29 is 43.6 Å². The predicted molar refractivity (Wildman–Crippen MR) is 124 cm³/mol. The molecule has 0 aromatic heterocycles. The zero-order valence-corrected chi connectivity index (χ0v) is 21.4. The minimum absolute atomic E-state index is 0.118. The van der Waals surface area contributed by atoms with E-state index in [-0.39, 0.29) is 25.0 Å². The molecule has 4 aliphatic heterocycles. The Labute approximate surface area is 214 Å². The van der Waals surface area contributed by atoms with Gasteiger partial charge in [0.1, 0.15) is 6.10 Å². The van der Waals surface area contributed by atoms with Crippen molar-refractivity contribution in [2.75, 3.05) is 0 Å². The van der Waals surface area contributed by atoms with E-state index in [1.165, 1.54) is 13.0 Å². The number of Topliss-reactive ketones (excluding diaryl/α,β-unsaturated/α-hetero) is 1. The summed E-state index contributed by atoms with van der Waals surface area (Å²) in [4.78, 5) is 54.5. The smallest absolute Gasteiger partial charge is 0.342 e.